The number of hydrogen-bond donors (Lipinski definition) is 0. The van der Waals surface area contributed by atoms with Crippen LogP contribution in [0, 0.1) is 0 Å². The number of anilines is 1. The standard InChI is InChI=1S/C23H27N3O3S/c1-16-7-4-5-12-26(16)21-11-10-18(13-19(21)15-28-2)23-24-22(25-29-23)17-8-6-9-20(14-17)30(3)27/h6,8-11,13-14,16H,4-5,7,12,15H2,1-3H3. The number of hydrogen-bond acceptors (Lipinski definition) is 6. The molecule has 1 fully saturated rings. The van der Waals surface area contributed by atoms with Gasteiger partial charge in [-0.2, -0.15) is 4.98 Å². The quantitative estimate of drug-likeness (QED) is 0.572. The number of benzene rings is 2. The SMILES string of the molecule is COCc1cc(-c2nc(-c3cccc(S(C)=O)c3)no2)ccc1N1CCCCC1C. The molecule has 0 aliphatic carbocycles. The highest BCUT2D eigenvalue weighted by Gasteiger charge is 2.22. The number of aromatic nitrogens is 2. The molecule has 30 heavy (non-hydrogen) atoms. The van der Waals surface area contributed by atoms with Gasteiger partial charge < -0.3 is 14.2 Å². The maximum Gasteiger partial charge on any atom is 0.258 e. The summed E-state index contributed by atoms with van der Waals surface area (Å²) in [4.78, 5) is 7.79. The Kier molecular flexibility index (Phi) is 6.29. The Morgan fingerprint density at radius 3 is 2.83 bits per heavy atom. The van der Waals surface area contributed by atoms with Crippen molar-refractivity contribution >= 4 is 16.5 Å². The summed E-state index contributed by atoms with van der Waals surface area (Å²) in [7, 11) is 0.653. The molecule has 1 saturated heterocycles. The predicted octanol–water partition coefficient (Wildman–Crippen LogP) is 4.67. The highest BCUT2D eigenvalue weighted by Crippen LogP contribution is 2.32. The lowest BCUT2D eigenvalue weighted by Crippen LogP contribution is -2.38. The van der Waals surface area contributed by atoms with Crippen molar-refractivity contribution in [3.05, 3.63) is 48.0 Å². The Morgan fingerprint density at radius 1 is 1.20 bits per heavy atom. The maximum atomic E-state index is 11.8. The molecular weight excluding hydrogens is 398 g/mol. The minimum Gasteiger partial charge on any atom is -0.380 e. The first kappa shape index (κ1) is 20.8. The van der Waals surface area contributed by atoms with Crippen LogP contribution in [0.15, 0.2) is 51.9 Å². The van der Waals surface area contributed by atoms with Gasteiger partial charge in [0.25, 0.3) is 5.89 Å². The van der Waals surface area contributed by atoms with Crippen LogP contribution in [0.3, 0.4) is 0 Å². The monoisotopic (exact) mass is 425 g/mol. The van der Waals surface area contributed by atoms with E-state index in [2.05, 4.69) is 34.1 Å². The number of nitrogens with zero attached hydrogens (tertiary/aromatic N) is 3. The lowest BCUT2D eigenvalue weighted by atomic mass is 10.00. The van der Waals surface area contributed by atoms with Gasteiger partial charge in [0.2, 0.25) is 5.82 Å². The molecule has 2 aromatic carbocycles. The largest absolute Gasteiger partial charge is 0.380 e. The first-order valence-electron chi connectivity index (χ1n) is 10.2. The van der Waals surface area contributed by atoms with E-state index in [9.17, 15) is 4.21 Å². The lowest BCUT2D eigenvalue weighted by molar-refractivity contribution is 0.185. The number of rotatable bonds is 6. The highest BCUT2D eigenvalue weighted by molar-refractivity contribution is 7.84. The van der Waals surface area contributed by atoms with E-state index in [0.717, 1.165) is 28.1 Å². The van der Waals surface area contributed by atoms with Crippen molar-refractivity contribution in [1.29, 1.82) is 0 Å². The molecule has 0 bridgehead atoms. The van der Waals surface area contributed by atoms with Crippen molar-refractivity contribution < 1.29 is 13.5 Å². The second-order valence-corrected chi connectivity index (χ2v) is 9.10. The second kappa shape index (κ2) is 9.10. The number of methoxy groups -OCH3 is 1. The molecule has 1 aliphatic heterocycles. The van der Waals surface area contributed by atoms with Gasteiger partial charge in [-0.15, -0.1) is 0 Å². The molecule has 0 spiro atoms. The Balaban J connectivity index is 1.65. The van der Waals surface area contributed by atoms with Crippen LogP contribution in [0.25, 0.3) is 22.8 Å². The number of piperidine rings is 1. The Bertz CT molecular complexity index is 1050. The fourth-order valence-electron chi connectivity index (χ4n) is 4.00. The summed E-state index contributed by atoms with van der Waals surface area (Å²) in [5, 5.41) is 4.14. The fraction of sp³-hybridized carbons (Fsp3) is 0.391. The average Bonchev–Trinajstić information content (AvgIpc) is 3.25. The van der Waals surface area contributed by atoms with Gasteiger partial charge in [-0.05, 0) is 56.5 Å². The van der Waals surface area contributed by atoms with E-state index in [4.69, 9.17) is 9.26 Å². The molecule has 3 aromatic rings. The highest BCUT2D eigenvalue weighted by atomic mass is 32.2. The Labute approximate surface area is 179 Å². The molecule has 4 rings (SSSR count). The van der Waals surface area contributed by atoms with Crippen molar-refractivity contribution in [2.24, 2.45) is 0 Å². The van der Waals surface area contributed by atoms with Gasteiger partial charge in [0, 0.05) is 64.0 Å². The van der Waals surface area contributed by atoms with Gasteiger partial charge in [-0.1, -0.05) is 17.3 Å². The molecule has 2 unspecified atom stereocenters. The molecule has 0 amide bonds. The van der Waals surface area contributed by atoms with E-state index in [-0.39, 0.29) is 0 Å². The van der Waals surface area contributed by atoms with Gasteiger partial charge >= 0.3 is 0 Å². The lowest BCUT2D eigenvalue weighted by Gasteiger charge is -2.36. The molecule has 2 atom stereocenters. The summed E-state index contributed by atoms with van der Waals surface area (Å²) in [5.41, 5.74) is 3.98. The van der Waals surface area contributed by atoms with E-state index in [1.807, 2.05) is 30.3 Å². The molecule has 6 nitrogen and oxygen atoms in total. The van der Waals surface area contributed by atoms with Gasteiger partial charge in [-0.25, -0.2) is 0 Å². The zero-order valence-electron chi connectivity index (χ0n) is 17.6. The molecule has 0 N–H and O–H groups in total. The molecule has 0 saturated carbocycles. The summed E-state index contributed by atoms with van der Waals surface area (Å²) in [5.74, 6) is 0.947. The van der Waals surface area contributed by atoms with Crippen LogP contribution in [-0.4, -0.2) is 40.3 Å². The third-order valence-corrected chi connectivity index (χ3v) is 6.51. The summed E-state index contributed by atoms with van der Waals surface area (Å²) in [6, 6.07) is 14.2. The fourth-order valence-corrected chi connectivity index (χ4v) is 4.56. The molecule has 1 aliphatic rings. The summed E-state index contributed by atoms with van der Waals surface area (Å²) in [6.45, 7) is 3.88. The zero-order valence-corrected chi connectivity index (χ0v) is 18.4. The minimum atomic E-state index is -1.06. The van der Waals surface area contributed by atoms with Crippen LogP contribution in [0.5, 0.6) is 0 Å². The summed E-state index contributed by atoms with van der Waals surface area (Å²) >= 11 is 0. The van der Waals surface area contributed by atoms with Gasteiger partial charge in [0.15, 0.2) is 0 Å². The molecule has 2 heterocycles. The van der Waals surface area contributed by atoms with Crippen molar-refractivity contribution in [1.82, 2.24) is 10.1 Å². The number of ether oxygens (including phenoxy) is 1. The van der Waals surface area contributed by atoms with Crippen LogP contribution in [-0.2, 0) is 22.1 Å². The zero-order chi connectivity index (χ0) is 21.1. The third-order valence-electron chi connectivity index (χ3n) is 5.59. The third kappa shape index (κ3) is 4.32. The Hall–Kier alpha value is -2.51. The minimum absolute atomic E-state index is 0.462. The normalized spacial score (nSPS) is 17.8. The van der Waals surface area contributed by atoms with Crippen molar-refractivity contribution in [3.63, 3.8) is 0 Å². The van der Waals surface area contributed by atoms with Gasteiger partial charge in [0.05, 0.1) is 6.61 Å². The molecule has 158 valence electrons. The summed E-state index contributed by atoms with van der Waals surface area (Å²) in [6.07, 6.45) is 5.37. The smallest absolute Gasteiger partial charge is 0.258 e. The molecule has 0 radical (unpaired) electrons. The van der Waals surface area contributed by atoms with Crippen LogP contribution < -0.4 is 4.90 Å². The van der Waals surface area contributed by atoms with Crippen molar-refractivity contribution in [2.75, 3.05) is 24.8 Å². The molecule has 1 aromatic heterocycles. The molecule has 7 heteroatoms. The first-order chi connectivity index (χ1) is 14.6. The van der Waals surface area contributed by atoms with E-state index >= 15 is 0 Å². The van der Waals surface area contributed by atoms with Crippen LogP contribution in [0.1, 0.15) is 31.7 Å². The molecular formula is C23H27N3O3S. The predicted molar refractivity (Wildman–Crippen MR) is 119 cm³/mol. The Morgan fingerprint density at radius 2 is 2.07 bits per heavy atom. The van der Waals surface area contributed by atoms with Crippen LogP contribution in [0.4, 0.5) is 5.69 Å². The van der Waals surface area contributed by atoms with Gasteiger partial charge in [-0.3, -0.25) is 4.21 Å². The maximum absolute atomic E-state index is 11.8. The summed E-state index contributed by atoms with van der Waals surface area (Å²) < 4.78 is 22.8. The van der Waals surface area contributed by atoms with Crippen LogP contribution >= 0.6 is 0 Å². The van der Waals surface area contributed by atoms with E-state index in [1.54, 1.807) is 13.4 Å². The van der Waals surface area contributed by atoms with E-state index in [0.29, 0.717) is 24.4 Å². The van der Waals surface area contributed by atoms with Crippen LogP contribution in [0.2, 0.25) is 0 Å². The van der Waals surface area contributed by atoms with E-state index < -0.39 is 10.8 Å². The first-order valence-corrected chi connectivity index (χ1v) is 11.8. The second-order valence-electron chi connectivity index (χ2n) is 7.72. The van der Waals surface area contributed by atoms with Crippen molar-refractivity contribution in [2.45, 2.75) is 43.7 Å². The van der Waals surface area contributed by atoms with E-state index in [1.165, 1.54) is 24.9 Å². The average molecular weight is 426 g/mol. The topological polar surface area (TPSA) is 68.5 Å². The van der Waals surface area contributed by atoms with Gasteiger partial charge in [0.1, 0.15) is 0 Å². The van der Waals surface area contributed by atoms with Crippen molar-refractivity contribution in [3.8, 4) is 22.8 Å².